The first-order valence-corrected chi connectivity index (χ1v) is 3.54. The summed E-state index contributed by atoms with van der Waals surface area (Å²) in [6.07, 6.45) is 0. The van der Waals surface area contributed by atoms with Gasteiger partial charge in [-0.1, -0.05) is 21.1 Å². The lowest BCUT2D eigenvalue weighted by molar-refractivity contribution is 0.959. The van der Waals surface area contributed by atoms with Crippen LogP contribution >= 0.6 is 15.9 Å². The Morgan fingerprint density at radius 2 is 2.40 bits per heavy atom. The molecule has 0 aliphatic carbocycles. The molecular weight excluding hydrogens is 194 g/mol. The predicted molar refractivity (Wildman–Crippen MR) is 40.4 cm³/mol. The second-order valence-corrected chi connectivity index (χ2v) is 2.73. The van der Waals surface area contributed by atoms with Crippen molar-refractivity contribution < 1.29 is 0 Å². The lowest BCUT2D eigenvalue weighted by Gasteiger charge is -1.85. The number of hydrogen-bond acceptors (Lipinski definition) is 2. The third-order valence-electron chi connectivity index (χ3n) is 1.21. The van der Waals surface area contributed by atoms with Gasteiger partial charge in [-0.2, -0.15) is 0 Å². The van der Waals surface area contributed by atoms with Crippen LogP contribution in [0, 0.1) is 6.07 Å². The quantitative estimate of drug-likeness (QED) is 0.695. The number of nitrogens with zero attached hydrogens (tertiary/aromatic N) is 2. The molecule has 10 heavy (non-hydrogen) atoms. The smallest absolute Gasteiger partial charge is 0.121 e. The molecule has 2 rings (SSSR count). The summed E-state index contributed by atoms with van der Waals surface area (Å²) in [6, 6.07) is 6.77. The lowest BCUT2D eigenvalue weighted by atomic mass is 10.3. The molecule has 1 N–H and O–H groups in total. The first-order valence-electron chi connectivity index (χ1n) is 2.75. The summed E-state index contributed by atoms with van der Waals surface area (Å²) in [4.78, 5) is 0. The molecule has 0 saturated carbocycles. The molecule has 1 aromatic heterocycles. The largest absolute Gasteiger partial charge is 0.258 e. The number of nitrogens with one attached hydrogen (secondary N) is 1. The zero-order valence-electron chi connectivity index (χ0n) is 4.93. The molecule has 1 aromatic carbocycles. The highest BCUT2D eigenvalue weighted by Crippen LogP contribution is 2.13. The van der Waals surface area contributed by atoms with Gasteiger partial charge in [0, 0.05) is 10.5 Å². The van der Waals surface area contributed by atoms with Crippen LogP contribution in [0.3, 0.4) is 0 Å². The van der Waals surface area contributed by atoms with Crippen molar-refractivity contribution in [3.8, 4) is 0 Å². The molecule has 0 aliphatic heterocycles. The Balaban J connectivity index is 2.86. The number of H-pyrrole nitrogens is 1. The molecule has 2 aromatic rings. The maximum atomic E-state index is 3.79. The van der Waals surface area contributed by atoms with E-state index in [2.05, 4.69) is 37.4 Å². The summed E-state index contributed by atoms with van der Waals surface area (Å²) in [5.74, 6) is 0. The molecule has 0 unspecified atom stereocenters. The van der Waals surface area contributed by atoms with Crippen molar-refractivity contribution in [3.63, 3.8) is 0 Å². The van der Waals surface area contributed by atoms with E-state index in [9.17, 15) is 0 Å². The number of benzene rings is 1. The summed E-state index contributed by atoms with van der Waals surface area (Å²) in [5.41, 5.74) is 1.66. The third-order valence-corrected chi connectivity index (χ3v) is 1.67. The molecule has 0 bridgehead atoms. The van der Waals surface area contributed by atoms with E-state index < -0.39 is 0 Å². The Morgan fingerprint density at radius 3 is 3.30 bits per heavy atom. The number of hydrogen-bond donors (Lipinski definition) is 1. The van der Waals surface area contributed by atoms with Gasteiger partial charge < -0.3 is 0 Å². The highest BCUT2D eigenvalue weighted by molar-refractivity contribution is 9.10. The zero-order chi connectivity index (χ0) is 6.97. The molecular formula is C6H3BrN3. The van der Waals surface area contributed by atoms with Gasteiger partial charge in [0.2, 0.25) is 0 Å². The summed E-state index contributed by atoms with van der Waals surface area (Å²) < 4.78 is 0.897. The molecule has 4 heteroatoms. The number of aromatic nitrogens is 3. The van der Waals surface area contributed by atoms with Crippen molar-refractivity contribution in [1.29, 1.82) is 0 Å². The van der Waals surface area contributed by atoms with E-state index in [1.54, 1.807) is 0 Å². The van der Waals surface area contributed by atoms with Gasteiger partial charge in [-0.25, -0.2) is 0 Å². The Bertz CT molecular complexity index is 355. The van der Waals surface area contributed by atoms with Gasteiger partial charge >= 0.3 is 0 Å². The van der Waals surface area contributed by atoms with Crippen LogP contribution in [0.15, 0.2) is 16.6 Å². The fourth-order valence-electron chi connectivity index (χ4n) is 0.755. The fourth-order valence-corrected chi connectivity index (χ4v) is 1.08. The number of halogens is 1. The van der Waals surface area contributed by atoms with E-state index >= 15 is 0 Å². The van der Waals surface area contributed by atoms with E-state index in [1.807, 2.05) is 12.1 Å². The lowest BCUT2D eigenvalue weighted by Crippen LogP contribution is -1.68. The minimum absolute atomic E-state index is 0.759. The van der Waals surface area contributed by atoms with E-state index in [1.165, 1.54) is 0 Å². The van der Waals surface area contributed by atoms with Crippen molar-refractivity contribution in [2.45, 2.75) is 0 Å². The maximum absolute atomic E-state index is 3.79. The van der Waals surface area contributed by atoms with Crippen molar-refractivity contribution in [3.05, 3.63) is 22.7 Å². The molecule has 0 fully saturated rings. The molecule has 1 radical (unpaired) electrons. The first-order chi connectivity index (χ1) is 4.86. The monoisotopic (exact) mass is 196 g/mol. The third kappa shape index (κ3) is 0.806. The molecule has 49 valence electrons. The molecule has 0 spiro atoms. The molecule has 0 saturated heterocycles. The van der Waals surface area contributed by atoms with Crippen molar-refractivity contribution in [2.75, 3.05) is 0 Å². The summed E-state index contributed by atoms with van der Waals surface area (Å²) >= 11 is 3.28. The van der Waals surface area contributed by atoms with Crippen LogP contribution in [0.2, 0.25) is 0 Å². The molecule has 0 atom stereocenters. The first kappa shape index (κ1) is 5.85. The SMILES string of the molecule is Brc1[c]c2nn[nH]c2cc1. The predicted octanol–water partition coefficient (Wildman–Crippen LogP) is 1.52. The Morgan fingerprint density at radius 1 is 1.50 bits per heavy atom. The Hall–Kier alpha value is -0.900. The second-order valence-electron chi connectivity index (χ2n) is 1.88. The topological polar surface area (TPSA) is 41.6 Å². The maximum Gasteiger partial charge on any atom is 0.121 e. The van der Waals surface area contributed by atoms with Crippen LogP contribution in [0.4, 0.5) is 0 Å². The highest BCUT2D eigenvalue weighted by atomic mass is 79.9. The number of fused-ring (bicyclic) bond motifs is 1. The van der Waals surface area contributed by atoms with Crippen LogP contribution in [-0.4, -0.2) is 15.4 Å². The van der Waals surface area contributed by atoms with Gasteiger partial charge in [0.15, 0.2) is 0 Å². The summed E-state index contributed by atoms with van der Waals surface area (Å²) in [7, 11) is 0. The molecule has 1 heterocycles. The second kappa shape index (κ2) is 2.05. The standard InChI is InChI=1S/C6H3BrN3/c7-4-1-2-5-6(3-4)9-10-8-5/h1-2H,(H,8,9,10). The summed E-state index contributed by atoms with van der Waals surface area (Å²) in [6.45, 7) is 0. The van der Waals surface area contributed by atoms with Crippen LogP contribution in [0.25, 0.3) is 11.0 Å². The van der Waals surface area contributed by atoms with Gasteiger partial charge in [-0.15, -0.1) is 5.10 Å². The van der Waals surface area contributed by atoms with Gasteiger partial charge in [0.05, 0.1) is 5.52 Å². The van der Waals surface area contributed by atoms with E-state index in [4.69, 9.17) is 0 Å². The summed E-state index contributed by atoms with van der Waals surface area (Å²) in [5, 5.41) is 10.1. The number of rotatable bonds is 0. The van der Waals surface area contributed by atoms with Crippen LogP contribution in [0.1, 0.15) is 0 Å². The minimum atomic E-state index is 0.759. The Kier molecular flexibility index (Phi) is 1.20. The van der Waals surface area contributed by atoms with Gasteiger partial charge in [-0.05, 0) is 12.1 Å². The average Bonchev–Trinajstić information content (AvgIpc) is 2.33. The molecule has 3 nitrogen and oxygen atoms in total. The average molecular weight is 197 g/mol. The van der Waals surface area contributed by atoms with E-state index in [-0.39, 0.29) is 0 Å². The van der Waals surface area contributed by atoms with Crippen molar-refractivity contribution in [1.82, 2.24) is 15.4 Å². The highest BCUT2D eigenvalue weighted by Gasteiger charge is 1.95. The van der Waals surface area contributed by atoms with Crippen molar-refractivity contribution >= 4 is 27.0 Å². The van der Waals surface area contributed by atoms with Crippen LogP contribution in [0.5, 0.6) is 0 Å². The fraction of sp³-hybridized carbons (Fsp3) is 0. The normalized spacial score (nSPS) is 10.5. The van der Waals surface area contributed by atoms with E-state index in [0.29, 0.717) is 0 Å². The van der Waals surface area contributed by atoms with E-state index in [0.717, 1.165) is 15.5 Å². The van der Waals surface area contributed by atoms with Gasteiger partial charge in [-0.3, -0.25) is 5.10 Å². The molecule has 0 amide bonds. The minimum Gasteiger partial charge on any atom is -0.258 e. The molecule has 0 aliphatic rings. The Labute approximate surface area is 65.6 Å². The van der Waals surface area contributed by atoms with Crippen LogP contribution in [-0.2, 0) is 0 Å². The van der Waals surface area contributed by atoms with Gasteiger partial charge in [0.1, 0.15) is 5.52 Å². The number of aromatic amines is 1. The zero-order valence-corrected chi connectivity index (χ0v) is 6.51. The van der Waals surface area contributed by atoms with Crippen molar-refractivity contribution in [2.24, 2.45) is 0 Å². The van der Waals surface area contributed by atoms with Crippen LogP contribution < -0.4 is 0 Å². The van der Waals surface area contributed by atoms with Gasteiger partial charge in [0.25, 0.3) is 0 Å².